The molecule has 24 aromatic rings. The predicted octanol–water partition coefficient (Wildman–Crippen LogP) is 26.0. The Labute approximate surface area is 733 Å². The highest BCUT2D eigenvalue weighted by Crippen LogP contribution is 2.49. The van der Waals surface area contributed by atoms with Crippen molar-refractivity contribution >= 4 is 177 Å². The summed E-state index contributed by atoms with van der Waals surface area (Å²) in [5, 5.41) is 14.5. The van der Waals surface area contributed by atoms with Crippen molar-refractivity contribution < 1.29 is 9.47 Å². The summed E-state index contributed by atoms with van der Waals surface area (Å²) in [4.78, 5) is 0. The van der Waals surface area contributed by atoms with Gasteiger partial charge in [0.25, 0.3) is 13.4 Å². The van der Waals surface area contributed by atoms with E-state index in [1.807, 2.05) is 0 Å². The molecule has 127 heavy (non-hydrogen) atoms. The summed E-state index contributed by atoms with van der Waals surface area (Å²) in [5.41, 5.74) is 38.4. The Balaban J connectivity index is 0.652. The molecule has 0 spiro atoms. The normalized spacial score (nSPS) is 13.3. The van der Waals surface area contributed by atoms with E-state index in [4.69, 9.17) is 9.47 Å². The van der Waals surface area contributed by atoms with Crippen molar-refractivity contribution in [2.75, 3.05) is 0 Å². The summed E-state index contributed by atoms with van der Waals surface area (Å²) in [5.74, 6) is 3.59. The van der Waals surface area contributed by atoms with Crippen molar-refractivity contribution in [2.24, 2.45) is 0 Å². The minimum Gasteiger partial charge on any atom is -0.458 e. The van der Waals surface area contributed by atoms with Crippen LogP contribution in [0.3, 0.4) is 0 Å². The number of ether oxygens (including phenoxy) is 2. The van der Waals surface area contributed by atoms with Gasteiger partial charge in [0.2, 0.25) is 0 Å². The van der Waals surface area contributed by atoms with E-state index in [1.54, 1.807) is 0 Å². The highest BCUT2D eigenvalue weighted by atomic mass is 16.5. The van der Waals surface area contributed by atoms with Crippen molar-refractivity contribution in [1.82, 2.24) is 27.4 Å². The van der Waals surface area contributed by atoms with Gasteiger partial charge in [-0.05, 0) is 252 Å². The minimum atomic E-state index is -0.190. The highest BCUT2D eigenvalue weighted by molar-refractivity contribution is 7.00. The van der Waals surface area contributed by atoms with E-state index < -0.39 is 0 Å². The Bertz CT molecular complexity index is 8990. The zero-order valence-electron chi connectivity index (χ0n) is 71.2. The lowest BCUT2D eigenvalue weighted by Crippen LogP contribution is -2.58. The Morgan fingerprint density at radius 3 is 1.07 bits per heavy atom. The van der Waals surface area contributed by atoms with Gasteiger partial charge in [0.05, 0.1) is 55.2 Å². The molecule has 0 amide bonds. The second-order valence-corrected chi connectivity index (χ2v) is 37.9. The second kappa shape index (κ2) is 25.4. The van der Waals surface area contributed by atoms with Gasteiger partial charge in [-0.25, -0.2) is 0 Å². The van der Waals surface area contributed by atoms with E-state index >= 15 is 0 Å². The number of hydrogen-bond acceptors (Lipinski definition) is 2. The Hall–Kier alpha value is -15.5. The third-order valence-electron chi connectivity index (χ3n) is 28.8. The maximum Gasteiger partial charge on any atom is 0.256 e. The number of aryl methyl sites for hydroxylation is 1. The van der Waals surface area contributed by atoms with Crippen molar-refractivity contribution in [3.63, 3.8) is 0 Å². The zero-order valence-corrected chi connectivity index (χ0v) is 71.2. The topological polar surface area (TPSA) is 48.0 Å². The number of nitrogens with zero attached hydrogens (tertiary/aromatic N) is 6. The van der Waals surface area contributed by atoms with Gasteiger partial charge in [-0.1, -0.05) is 248 Å². The summed E-state index contributed by atoms with van der Waals surface area (Å²) in [6, 6.07) is 136. The fourth-order valence-corrected chi connectivity index (χ4v) is 23.1. The summed E-state index contributed by atoms with van der Waals surface area (Å²) < 4.78 is 29.8. The molecule has 0 radical (unpaired) electrons. The third-order valence-corrected chi connectivity index (χ3v) is 28.8. The first-order chi connectivity index (χ1) is 62.1. The molecule has 10 heteroatoms. The number of aromatic nitrogens is 6. The minimum absolute atomic E-state index is 0.0825. The summed E-state index contributed by atoms with van der Waals surface area (Å²) in [7, 11) is 0. The van der Waals surface area contributed by atoms with Gasteiger partial charge in [-0.2, -0.15) is 0 Å². The van der Waals surface area contributed by atoms with Gasteiger partial charge in [0, 0.05) is 110 Å². The maximum atomic E-state index is 7.47. The molecule has 0 saturated heterocycles. The van der Waals surface area contributed by atoms with Crippen LogP contribution in [0.4, 0.5) is 0 Å². The van der Waals surface area contributed by atoms with E-state index in [-0.39, 0.29) is 24.3 Å². The summed E-state index contributed by atoms with van der Waals surface area (Å²) >= 11 is 0. The van der Waals surface area contributed by atoms with Gasteiger partial charge in [0.1, 0.15) is 23.0 Å². The van der Waals surface area contributed by atoms with Crippen LogP contribution in [0.1, 0.15) is 58.2 Å². The first-order valence-electron chi connectivity index (χ1n) is 44.6. The standard InChI is InChI=1S/C117H80B2N6O2/c1-67-53-106-112-110(54-67)126-108-51-43-72(116(2,3)4)59-92(108)118(112)94-65-76(122-99-38-22-15-31-82(99)83-32-16-23-39-100(83)122)63-90-89-62-75(46-50-103(89)124(106)114(90)94)121-98-37-21-17-33-84(98)86-47-41-70(56-105(86)121)69-42-48-102-87(55-69)85-34-18-24-40-101(85)123(102)77-64-91-88-61-74(120-96-35-19-13-29-80(96)81-30-14-20-36-97(81)120)45-49-104(88)125-107-57-71(79-28-12-11-27-78(79)68-25-9-8-10-26-68)58-111-113(107)119(95(66-77)115(91)125)93-60-73(117(5,6)7)44-52-109(93)127-111/h8-66H,1-7H3. The van der Waals surface area contributed by atoms with E-state index in [2.05, 4.69) is 434 Å². The number of rotatable bonds is 7. The van der Waals surface area contributed by atoms with Crippen molar-refractivity contribution in [3.8, 4) is 90.5 Å². The zero-order chi connectivity index (χ0) is 84.0. The second-order valence-electron chi connectivity index (χ2n) is 37.9. The number of benzene rings is 18. The average Bonchev–Trinajstić information content (AvgIpc) is 1.54. The summed E-state index contributed by atoms with van der Waals surface area (Å²) in [6.07, 6.45) is 0. The van der Waals surface area contributed by atoms with Crippen LogP contribution in [-0.2, 0) is 10.8 Å². The molecule has 4 aliphatic rings. The highest BCUT2D eigenvalue weighted by Gasteiger charge is 2.45. The molecule has 0 aliphatic carbocycles. The van der Waals surface area contributed by atoms with Crippen LogP contribution in [0.15, 0.2) is 358 Å². The quantitative estimate of drug-likeness (QED) is 0.149. The molecule has 28 rings (SSSR count). The molecule has 10 heterocycles. The lowest BCUT2D eigenvalue weighted by molar-refractivity contribution is 0.485. The van der Waals surface area contributed by atoms with Gasteiger partial charge >= 0.3 is 0 Å². The molecule has 18 aromatic carbocycles. The van der Waals surface area contributed by atoms with Crippen molar-refractivity contribution in [3.05, 3.63) is 375 Å². The van der Waals surface area contributed by atoms with E-state index in [0.717, 1.165) is 112 Å². The first-order valence-corrected chi connectivity index (χ1v) is 44.6. The van der Waals surface area contributed by atoms with Crippen LogP contribution in [0.2, 0.25) is 0 Å². The average molecular weight is 1620 g/mol. The lowest BCUT2D eigenvalue weighted by atomic mass is 9.34. The SMILES string of the molecule is Cc1cc2c3c(c1)-n1c4ccc(-n5c6ccccc6c6ccc(-c7ccc8c(c7)c7ccccc7n8-c7cc8c9c(c7)c7cc(-n%10c%11ccccc%11c%11ccccc%11%10)ccc7n9-c7cc(-c9ccccc9-c9ccccc9)cc9c7B8c7cc(C(C)(C)C)ccc7O9)cc65)cc4c4cc(-n5c6ccccc6c6ccccc65)cc(c41)B3c1cc(C(C)(C)C)ccc1O2. The van der Waals surface area contributed by atoms with Crippen LogP contribution in [0.5, 0.6) is 23.0 Å². The molecule has 0 N–H and O–H groups in total. The first kappa shape index (κ1) is 71.0. The lowest BCUT2D eigenvalue weighted by Gasteiger charge is -2.35. The molecule has 4 aliphatic heterocycles. The molecule has 596 valence electrons. The van der Waals surface area contributed by atoms with Crippen LogP contribution in [0.25, 0.3) is 198 Å². The number of fused-ring (bicyclic) bond motifs is 26. The van der Waals surface area contributed by atoms with E-state index in [0.29, 0.717) is 0 Å². The molecule has 0 unspecified atom stereocenters. The van der Waals surface area contributed by atoms with E-state index in [9.17, 15) is 0 Å². The Kier molecular flexibility index (Phi) is 14.2. The maximum absolute atomic E-state index is 7.47. The molecule has 0 atom stereocenters. The van der Waals surface area contributed by atoms with Crippen LogP contribution < -0.4 is 42.3 Å². The number of para-hydroxylation sites is 6. The monoisotopic (exact) mass is 1620 g/mol. The van der Waals surface area contributed by atoms with Crippen molar-refractivity contribution in [1.29, 1.82) is 0 Å². The fraction of sp³-hybridized carbons (Fsp3) is 0.0769. The van der Waals surface area contributed by atoms with Gasteiger partial charge < -0.3 is 36.9 Å². The smallest absolute Gasteiger partial charge is 0.256 e. The Morgan fingerprint density at radius 2 is 0.583 bits per heavy atom. The largest absolute Gasteiger partial charge is 0.458 e. The van der Waals surface area contributed by atoms with Crippen LogP contribution >= 0.6 is 0 Å². The third kappa shape index (κ3) is 9.84. The van der Waals surface area contributed by atoms with Crippen molar-refractivity contribution in [2.45, 2.75) is 59.3 Å². The molecule has 0 saturated carbocycles. The molecule has 6 aromatic heterocycles. The van der Waals surface area contributed by atoms with E-state index in [1.165, 1.54) is 158 Å². The molecule has 8 nitrogen and oxygen atoms in total. The predicted molar refractivity (Wildman–Crippen MR) is 533 cm³/mol. The Morgan fingerprint density at radius 1 is 0.220 bits per heavy atom. The van der Waals surface area contributed by atoms with Gasteiger partial charge in [-0.3, -0.25) is 0 Å². The summed E-state index contributed by atoms with van der Waals surface area (Å²) in [6.45, 7) is 15.9. The molecule has 0 bridgehead atoms. The molecular weight excluding hydrogens is 1540 g/mol. The van der Waals surface area contributed by atoms with Gasteiger partial charge in [-0.15, -0.1) is 0 Å². The number of hydrogen-bond donors (Lipinski definition) is 0. The molecular formula is C117H80B2N6O2. The van der Waals surface area contributed by atoms with Gasteiger partial charge in [0.15, 0.2) is 0 Å². The van der Waals surface area contributed by atoms with Crippen LogP contribution in [-0.4, -0.2) is 40.8 Å². The fourth-order valence-electron chi connectivity index (χ4n) is 23.1. The molecule has 0 fully saturated rings. The van der Waals surface area contributed by atoms with Crippen LogP contribution in [0, 0.1) is 6.92 Å².